The predicted octanol–water partition coefficient (Wildman–Crippen LogP) is 3.57. The van der Waals surface area contributed by atoms with Crippen molar-refractivity contribution < 1.29 is 0 Å². The number of benzene rings is 1. The summed E-state index contributed by atoms with van der Waals surface area (Å²) in [4.78, 5) is 4.55. The summed E-state index contributed by atoms with van der Waals surface area (Å²) in [6.45, 7) is 2.77. The molecule has 0 atom stereocenters. The molecule has 2 nitrogen and oxygen atoms in total. The van der Waals surface area contributed by atoms with Crippen molar-refractivity contribution in [3.05, 3.63) is 39.5 Å². The number of pyridine rings is 1. The van der Waals surface area contributed by atoms with E-state index in [2.05, 4.69) is 16.4 Å². The molecule has 16 heavy (non-hydrogen) atoms. The molecule has 2 aromatic rings. The molecule has 0 fully saturated rings. The maximum absolute atomic E-state index is 6.14. The SMILES string of the molecule is CNCc1nc2c(Cl)c(Cl)ccc2cc1C. The van der Waals surface area contributed by atoms with E-state index in [1.54, 1.807) is 6.07 Å². The Morgan fingerprint density at radius 2 is 2.06 bits per heavy atom. The zero-order chi connectivity index (χ0) is 11.7. The van der Waals surface area contributed by atoms with Crippen LogP contribution in [0.4, 0.5) is 0 Å². The molecule has 0 amide bonds. The third kappa shape index (κ3) is 2.01. The molecular formula is C12H12Cl2N2. The van der Waals surface area contributed by atoms with Crippen molar-refractivity contribution in [3.8, 4) is 0 Å². The molecular weight excluding hydrogens is 243 g/mol. The molecule has 84 valence electrons. The van der Waals surface area contributed by atoms with E-state index < -0.39 is 0 Å². The molecule has 1 heterocycles. The summed E-state index contributed by atoms with van der Waals surface area (Å²) in [6, 6.07) is 5.81. The smallest absolute Gasteiger partial charge is 0.0907 e. The summed E-state index contributed by atoms with van der Waals surface area (Å²) in [7, 11) is 1.89. The van der Waals surface area contributed by atoms with Crippen molar-refractivity contribution in [2.24, 2.45) is 0 Å². The molecule has 0 aliphatic carbocycles. The maximum Gasteiger partial charge on any atom is 0.0907 e. The van der Waals surface area contributed by atoms with Crippen molar-refractivity contribution in [1.29, 1.82) is 0 Å². The van der Waals surface area contributed by atoms with Crippen LogP contribution in [-0.4, -0.2) is 12.0 Å². The number of halogens is 2. The fourth-order valence-electron chi connectivity index (χ4n) is 1.67. The Morgan fingerprint density at radius 1 is 1.31 bits per heavy atom. The van der Waals surface area contributed by atoms with Gasteiger partial charge in [-0.05, 0) is 31.7 Å². The van der Waals surface area contributed by atoms with Gasteiger partial charge in [0.15, 0.2) is 0 Å². The van der Waals surface area contributed by atoms with E-state index in [1.807, 2.05) is 20.0 Å². The first-order chi connectivity index (χ1) is 7.63. The fourth-order valence-corrected chi connectivity index (χ4v) is 2.04. The number of aryl methyl sites for hydroxylation is 1. The van der Waals surface area contributed by atoms with Gasteiger partial charge in [-0.2, -0.15) is 0 Å². The lowest BCUT2D eigenvalue weighted by Gasteiger charge is -2.08. The minimum atomic E-state index is 0.525. The van der Waals surface area contributed by atoms with Crippen molar-refractivity contribution in [1.82, 2.24) is 10.3 Å². The number of fused-ring (bicyclic) bond motifs is 1. The van der Waals surface area contributed by atoms with E-state index in [4.69, 9.17) is 23.2 Å². The summed E-state index contributed by atoms with van der Waals surface area (Å²) in [5.74, 6) is 0. The van der Waals surface area contributed by atoms with Gasteiger partial charge in [0.2, 0.25) is 0 Å². The van der Waals surface area contributed by atoms with Crippen LogP contribution in [0.1, 0.15) is 11.3 Å². The average molecular weight is 255 g/mol. The van der Waals surface area contributed by atoms with E-state index in [0.29, 0.717) is 10.0 Å². The monoisotopic (exact) mass is 254 g/mol. The van der Waals surface area contributed by atoms with E-state index in [-0.39, 0.29) is 0 Å². The van der Waals surface area contributed by atoms with Crippen LogP contribution in [0.15, 0.2) is 18.2 Å². The normalized spacial score (nSPS) is 11.0. The summed E-state index contributed by atoms with van der Waals surface area (Å²) in [6.07, 6.45) is 0. The van der Waals surface area contributed by atoms with Crippen LogP contribution in [0.25, 0.3) is 10.9 Å². The molecule has 1 aromatic heterocycles. The van der Waals surface area contributed by atoms with Crippen LogP contribution in [0.3, 0.4) is 0 Å². The van der Waals surface area contributed by atoms with Gasteiger partial charge in [0.25, 0.3) is 0 Å². The Balaban J connectivity index is 2.70. The van der Waals surface area contributed by atoms with Crippen molar-refractivity contribution in [2.75, 3.05) is 7.05 Å². The second-order valence-corrected chi connectivity index (χ2v) is 4.50. The van der Waals surface area contributed by atoms with Crippen molar-refractivity contribution in [2.45, 2.75) is 13.5 Å². The van der Waals surface area contributed by atoms with Crippen LogP contribution < -0.4 is 5.32 Å². The van der Waals surface area contributed by atoms with E-state index in [1.165, 1.54) is 0 Å². The first-order valence-corrected chi connectivity index (χ1v) is 5.78. The molecule has 2 rings (SSSR count). The summed E-state index contributed by atoms with van der Waals surface area (Å²) >= 11 is 12.1. The Labute approximate surface area is 105 Å². The number of rotatable bonds is 2. The molecule has 4 heteroatoms. The molecule has 0 bridgehead atoms. The molecule has 0 saturated heterocycles. The van der Waals surface area contributed by atoms with E-state index in [9.17, 15) is 0 Å². The largest absolute Gasteiger partial charge is 0.314 e. The lowest BCUT2D eigenvalue weighted by Crippen LogP contribution is -2.08. The van der Waals surface area contributed by atoms with Gasteiger partial charge in [-0.15, -0.1) is 0 Å². The van der Waals surface area contributed by atoms with E-state index in [0.717, 1.165) is 28.7 Å². The average Bonchev–Trinajstić information content (AvgIpc) is 2.26. The number of hydrogen-bond acceptors (Lipinski definition) is 2. The van der Waals surface area contributed by atoms with Gasteiger partial charge in [-0.3, -0.25) is 0 Å². The highest BCUT2D eigenvalue weighted by molar-refractivity contribution is 6.45. The standard InChI is InChI=1S/C12H12Cl2N2/c1-7-5-8-3-4-9(13)11(14)12(8)16-10(7)6-15-2/h3-5,15H,6H2,1-2H3. The zero-order valence-corrected chi connectivity index (χ0v) is 10.7. The van der Waals surface area contributed by atoms with Crippen LogP contribution in [-0.2, 0) is 6.54 Å². The van der Waals surface area contributed by atoms with Gasteiger partial charge in [-0.25, -0.2) is 4.98 Å². The Bertz CT molecular complexity index is 538. The first kappa shape index (κ1) is 11.6. The molecule has 1 N–H and O–H groups in total. The van der Waals surface area contributed by atoms with Crippen molar-refractivity contribution in [3.63, 3.8) is 0 Å². The van der Waals surface area contributed by atoms with Crippen LogP contribution in [0, 0.1) is 6.92 Å². The molecule has 0 aliphatic heterocycles. The maximum atomic E-state index is 6.14. The summed E-state index contributed by atoms with van der Waals surface area (Å²) in [5, 5.41) is 5.17. The highest BCUT2D eigenvalue weighted by atomic mass is 35.5. The number of hydrogen-bond donors (Lipinski definition) is 1. The number of aromatic nitrogens is 1. The van der Waals surface area contributed by atoms with Crippen LogP contribution >= 0.6 is 23.2 Å². The van der Waals surface area contributed by atoms with Gasteiger partial charge in [0.05, 0.1) is 21.3 Å². The van der Waals surface area contributed by atoms with Crippen molar-refractivity contribution >= 4 is 34.1 Å². The topological polar surface area (TPSA) is 24.9 Å². The lowest BCUT2D eigenvalue weighted by atomic mass is 10.1. The van der Waals surface area contributed by atoms with Gasteiger partial charge in [0.1, 0.15) is 0 Å². The Kier molecular flexibility index (Phi) is 3.33. The third-order valence-corrected chi connectivity index (χ3v) is 3.31. The van der Waals surface area contributed by atoms with Gasteiger partial charge >= 0.3 is 0 Å². The molecule has 0 unspecified atom stereocenters. The molecule has 1 aromatic carbocycles. The predicted molar refractivity (Wildman–Crippen MR) is 69.3 cm³/mol. The lowest BCUT2D eigenvalue weighted by molar-refractivity contribution is 0.789. The minimum Gasteiger partial charge on any atom is -0.314 e. The van der Waals surface area contributed by atoms with E-state index >= 15 is 0 Å². The molecule has 0 aliphatic rings. The second-order valence-electron chi connectivity index (χ2n) is 3.72. The van der Waals surface area contributed by atoms with Crippen LogP contribution in [0.5, 0.6) is 0 Å². The second kappa shape index (κ2) is 4.58. The minimum absolute atomic E-state index is 0.525. The van der Waals surface area contributed by atoms with Gasteiger partial charge < -0.3 is 5.32 Å². The Hall–Kier alpha value is -0.830. The molecule has 0 saturated carbocycles. The van der Waals surface area contributed by atoms with Gasteiger partial charge in [0, 0.05) is 11.9 Å². The van der Waals surface area contributed by atoms with Gasteiger partial charge in [-0.1, -0.05) is 29.3 Å². The molecule has 0 radical (unpaired) electrons. The summed E-state index contributed by atoms with van der Waals surface area (Å²) < 4.78 is 0. The number of nitrogens with one attached hydrogen (secondary N) is 1. The summed E-state index contributed by atoms with van der Waals surface area (Å²) in [5.41, 5.74) is 2.92. The quantitative estimate of drug-likeness (QED) is 0.887. The first-order valence-electron chi connectivity index (χ1n) is 5.02. The fraction of sp³-hybridized carbons (Fsp3) is 0.250. The molecule has 0 spiro atoms. The third-order valence-electron chi connectivity index (χ3n) is 2.52. The number of nitrogens with zero attached hydrogens (tertiary/aromatic N) is 1. The highest BCUT2D eigenvalue weighted by Gasteiger charge is 2.08. The zero-order valence-electron chi connectivity index (χ0n) is 9.14. The Morgan fingerprint density at radius 3 is 2.75 bits per heavy atom. The highest BCUT2D eigenvalue weighted by Crippen LogP contribution is 2.30. The van der Waals surface area contributed by atoms with Crippen LogP contribution in [0.2, 0.25) is 10.0 Å².